The van der Waals surface area contributed by atoms with Crippen LogP contribution in [0.3, 0.4) is 0 Å². The zero-order valence-electron chi connectivity index (χ0n) is 8.27. The van der Waals surface area contributed by atoms with Crippen molar-refractivity contribution in [2.24, 2.45) is 5.73 Å². The third-order valence-corrected chi connectivity index (χ3v) is 1.70. The van der Waals surface area contributed by atoms with Crippen molar-refractivity contribution in [1.82, 2.24) is 9.55 Å². The summed E-state index contributed by atoms with van der Waals surface area (Å²) in [5.41, 5.74) is 5.07. The van der Waals surface area contributed by atoms with Gasteiger partial charge in [0, 0.05) is 25.5 Å². The molecule has 1 aromatic heterocycles. The SMILES string of the molecule is CCCn1ccnc(OCCN)c1=O. The maximum absolute atomic E-state index is 11.6. The van der Waals surface area contributed by atoms with Crippen LogP contribution < -0.4 is 16.0 Å². The Morgan fingerprint density at radius 1 is 1.64 bits per heavy atom. The van der Waals surface area contributed by atoms with Crippen LogP contribution >= 0.6 is 0 Å². The molecule has 0 amide bonds. The quantitative estimate of drug-likeness (QED) is 0.720. The van der Waals surface area contributed by atoms with Crippen LogP contribution in [0.2, 0.25) is 0 Å². The Labute approximate surface area is 82.5 Å². The van der Waals surface area contributed by atoms with Gasteiger partial charge >= 0.3 is 5.56 Å². The number of nitrogens with two attached hydrogens (primary N) is 1. The largest absolute Gasteiger partial charge is 0.472 e. The van der Waals surface area contributed by atoms with Crippen LogP contribution in [-0.2, 0) is 6.54 Å². The average molecular weight is 197 g/mol. The van der Waals surface area contributed by atoms with Gasteiger partial charge in [0.2, 0.25) is 0 Å². The van der Waals surface area contributed by atoms with Gasteiger partial charge in [-0.25, -0.2) is 4.98 Å². The Balaban J connectivity index is 2.84. The zero-order chi connectivity index (χ0) is 10.4. The maximum atomic E-state index is 11.6. The Bertz CT molecular complexity index is 335. The molecule has 0 aliphatic heterocycles. The second-order valence-electron chi connectivity index (χ2n) is 2.87. The summed E-state index contributed by atoms with van der Waals surface area (Å²) in [6, 6.07) is 0. The minimum absolute atomic E-state index is 0.131. The maximum Gasteiger partial charge on any atom is 0.313 e. The third-order valence-electron chi connectivity index (χ3n) is 1.70. The van der Waals surface area contributed by atoms with Gasteiger partial charge in [0.25, 0.3) is 5.88 Å². The highest BCUT2D eigenvalue weighted by molar-refractivity contribution is 5.04. The monoisotopic (exact) mass is 197 g/mol. The molecular formula is C9H15N3O2. The van der Waals surface area contributed by atoms with Gasteiger partial charge < -0.3 is 15.0 Å². The number of ether oxygens (including phenoxy) is 1. The van der Waals surface area contributed by atoms with E-state index in [1.165, 1.54) is 0 Å². The third kappa shape index (κ3) is 2.56. The number of aryl methyl sites for hydroxylation is 1. The van der Waals surface area contributed by atoms with E-state index in [0.717, 1.165) is 6.42 Å². The number of hydrogen-bond acceptors (Lipinski definition) is 4. The number of nitrogens with zero attached hydrogens (tertiary/aromatic N) is 2. The lowest BCUT2D eigenvalue weighted by Crippen LogP contribution is -2.24. The molecular weight excluding hydrogens is 182 g/mol. The van der Waals surface area contributed by atoms with Gasteiger partial charge in [-0.05, 0) is 6.42 Å². The first kappa shape index (κ1) is 10.7. The Kier molecular flexibility index (Phi) is 4.12. The Morgan fingerprint density at radius 3 is 3.07 bits per heavy atom. The van der Waals surface area contributed by atoms with E-state index in [-0.39, 0.29) is 11.4 Å². The molecule has 0 unspecified atom stereocenters. The van der Waals surface area contributed by atoms with Crippen LogP contribution in [-0.4, -0.2) is 22.7 Å². The fourth-order valence-electron chi connectivity index (χ4n) is 1.10. The summed E-state index contributed by atoms with van der Waals surface area (Å²) in [6.07, 6.45) is 4.12. The summed E-state index contributed by atoms with van der Waals surface area (Å²) >= 11 is 0. The van der Waals surface area contributed by atoms with Crippen molar-refractivity contribution < 1.29 is 4.74 Å². The van der Waals surface area contributed by atoms with Gasteiger partial charge in [-0.2, -0.15) is 0 Å². The lowest BCUT2D eigenvalue weighted by molar-refractivity contribution is 0.307. The van der Waals surface area contributed by atoms with Gasteiger partial charge in [0.1, 0.15) is 6.61 Å². The normalized spacial score (nSPS) is 10.1. The van der Waals surface area contributed by atoms with E-state index in [9.17, 15) is 4.79 Å². The lowest BCUT2D eigenvalue weighted by Gasteiger charge is -2.06. The molecule has 5 heteroatoms. The van der Waals surface area contributed by atoms with Crippen molar-refractivity contribution >= 4 is 0 Å². The topological polar surface area (TPSA) is 70.1 Å². The van der Waals surface area contributed by atoms with Crippen molar-refractivity contribution in [3.63, 3.8) is 0 Å². The molecule has 14 heavy (non-hydrogen) atoms. The number of aromatic nitrogens is 2. The lowest BCUT2D eigenvalue weighted by atomic mass is 10.4. The molecule has 0 bridgehead atoms. The highest BCUT2D eigenvalue weighted by atomic mass is 16.5. The standard InChI is InChI=1S/C9H15N3O2/c1-2-5-12-6-4-11-8(9(12)13)14-7-3-10/h4,6H,2-3,5,7,10H2,1H3. The van der Waals surface area contributed by atoms with Crippen LogP contribution in [0.15, 0.2) is 17.2 Å². The summed E-state index contributed by atoms with van der Waals surface area (Å²) in [5, 5.41) is 0. The molecule has 1 aromatic rings. The fourth-order valence-corrected chi connectivity index (χ4v) is 1.10. The fraction of sp³-hybridized carbons (Fsp3) is 0.556. The second kappa shape index (κ2) is 5.39. The molecule has 0 fully saturated rings. The van der Waals surface area contributed by atoms with Gasteiger partial charge in [0.05, 0.1) is 0 Å². The summed E-state index contributed by atoms with van der Waals surface area (Å²) in [7, 11) is 0. The molecule has 1 heterocycles. The van der Waals surface area contributed by atoms with E-state index >= 15 is 0 Å². The van der Waals surface area contributed by atoms with E-state index < -0.39 is 0 Å². The number of hydrogen-bond donors (Lipinski definition) is 1. The van der Waals surface area contributed by atoms with Crippen LogP contribution in [0.5, 0.6) is 5.88 Å². The molecule has 1 rings (SSSR count). The summed E-state index contributed by atoms with van der Waals surface area (Å²) < 4.78 is 6.69. The molecule has 78 valence electrons. The molecule has 0 aliphatic carbocycles. The molecule has 0 aliphatic rings. The van der Waals surface area contributed by atoms with Crippen molar-refractivity contribution in [3.8, 4) is 5.88 Å². The first-order chi connectivity index (χ1) is 6.79. The van der Waals surface area contributed by atoms with Crippen LogP contribution in [0.1, 0.15) is 13.3 Å². The smallest absolute Gasteiger partial charge is 0.313 e. The molecule has 0 saturated heterocycles. The predicted octanol–water partition coefficient (Wildman–Crippen LogP) is -0.00920. The highest BCUT2D eigenvalue weighted by Gasteiger charge is 2.04. The van der Waals surface area contributed by atoms with Gasteiger partial charge in [-0.15, -0.1) is 0 Å². The number of rotatable bonds is 5. The first-order valence-corrected chi connectivity index (χ1v) is 4.68. The second-order valence-corrected chi connectivity index (χ2v) is 2.87. The zero-order valence-corrected chi connectivity index (χ0v) is 8.27. The molecule has 0 radical (unpaired) electrons. The van der Waals surface area contributed by atoms with E-state index in [2.05, 4.69) is 4.98 Å². The van der Waals surface area contributed by atoms with Crippen molar-refractivity contribution in [2.75, 3.05) is 13.2 Å². The van der Waals surface area contributed by atoms with Crippen molar-refractivity contribution in [1.29, 1.82) is 0 Å². The minimum Gasteiger partial charge on any atom is -0.472 e. The van der Waals surface area contributed by atoms with Gasteiger partial charge in [0.15, 0.2) is 0 Å². The molecule has 2 N–H and O–H groups in total. The average Bonchev–Trinajstić information content (AvgIpc) is 2.20. The Morgan fingerprint density at radius 2 is 2.43 bits per heavy atom. The van der Waals surface area contributed by atoms with Gasteiger partial charge in [-0.3, -0.25) is 4.79 Å². The molecule has 5 nitrogen and oxygen atoms in total. The van der Waals surface area contributed by atoms with E-state index in [1.54, 1.807) is 17.0 Å². The molecule has 0 aromatic carbocycles. The Hall–Kier alpha value is -1.36. The van der Waals surface area contributed by atoms with Gasteiger partial charge in [-0.1, -0.05) is 6.92 Å². The molecule has 0 atom stereocenters. The minimum atomic E-state index is -0.192. The first-order valence-electron chi connectivity index (χ1n) is 4.68. The molecule has 0 saturated carbocycles. The van der Waals surface area contributed by atoms with Crippen LogP contribution in [0.4, 0.5) is 0 Å². The van der Waals surface area contributed by atoms with Crippen molar-refractivity contribution in [2.45, 2.75) is 19.9 Å². The van der Waals surface area contributed by atoms with Crippen molar-refractivity contribution in [3.05, 3.63) is 22.7 Å². The summed E-state index contributed by atoms with van der Waals surface area (Å²) in [4.78, 5) is 15.4. The van der Waals surface area contributed by atoms with Crippen LogP contribution in [0.25, 0.3) is 0 Å². The van der Waals surface area contributed by atoms with E-state index in [0.29, 0.717) is 19.7 Å². The van der Waals surface area contributed by atoms with E-state index in [1.807, 2.05) is 6.92 Å². The highest BCUT2D eigenvalue weighted by Crippen LogP contribution is 1.96. The van der Waals surface area contributed by atoms with E-state index in [4.69, 9.17) is 10.5 Å². The van der Waals surface area contributed by atoms with Crippen LogP contribution in [0, 0.1) is 0 Å². The predicted molar refractivity (Wildman–Crippen MR) is 53.3 cm³/mol. The molecule has 0 spiro atoms. The summed E-state index contributed by atoms with van der Waals surface area (Å²) in [5.74, 6) is 0.131. The summed E-state index contributed by atoms with van der Waals surface area (Å²) in [6.45, 7) is 3.38.